The Balaban J connectivity index is 1.73. The lowest BCUT2D eigenvalue weighted by atomic mass is 9.93. The fourth-order valence-electron chi connectivity index (χ4n) is 3.92. The van der Waals surface area contributed by atoms with E-state index in [4.69, 9.17) is 9.73 Å². The van der Waals surface area contributed by atoms with Gasteiger partial charge in [-0.25, -0.2) is 0 Å². The molecule has 0 aromatic heterocycles. The number of nitrogens with zero attached hydrogens (tertiary/aromatic N) is 1. The molecule has 1 aliphatic rings. The number of aromatic hydroxyl groups is 1. The molecule has 31 heavy (non-hydrogen) atoms. The van der Waals surface area contributed by atoms with Gasteiger partial charge < -0.3 is 9.84 Å². The first-order chi connectivity index (χ1) is 15.1. The lowest BCUT2D eigenvalue weighted by molar-refractivity contribution is 0.313. The number of phenolic OH excluding ortho intramolecular Hbond substituents is 1. The van der Waals surface area contributed by atoms with E-state index in [1.54, 1.807) is 6.07 Å². The molecule has 0 bridgehead atoms. The predicted octanol–water partition coefficient (Wildman–Crippen LogP) is 6.34. The van der Waals surface area contributed by atoms with Gasteiger partial charge in [0.1, 0.15) is 6.17 Å². The average molecular weight is 479 g/mol. The number of nitrogens with one attached hydrogen (secondary N) is 1. The van der Waals surface area contributed by atoms with Crippen LogP contribution in [0.2, 0.25) is 0 Å². The van der Waals surface area contributed by atoms with Crippen LogP contribution in [0.1, 0.15) is 54.7 Å². The van der Waals surface area contributed by atoms with Crippen LogP contribution in [0, 0.1) is 0 Å². The number of rotatable bonds is 6. The second-order valence-electron chi connectivity index (χ2n) is 7.63. The van der Waals surface area contributed by atoms with E-state index in [1.807, 2.05) is 31.2 Å². The summed E-state index contributed by atoms with van der Waals surface area (Å²) in [6.07, 6.45) is 1.49. The van der Waals surface area contributed by atoms with Crippen LogP contribution in [-0.2, 0) is 6.42 Å². The minimum Gasteiger partial charge on any atom is -0.504 e. The molecule has 0 unspecified atom stereocenters. The molecule has 5 heteroatoms. The van der Waals surface area contributed by atoms with Crippen molar-refractivity contribution in [3.8, 4) is 11.5 Å². The van der Waals surface area contributed by atoms with E-state index >= 15 is 0 Å². The Morgan fingerprint density at radius 3 is 2.45 bits per heavy atom. The predicted molar refractivity (Wildman–Crippen MR) is 129 cm³/mol. The van der Waals surface area contributed by atoms with Crippen LogP contribution >= 0.6 is 15.9 Å². The van der Waals surface area contributed by atoms with Crippen molar-refractivity contribution >= 4 is 21.6 Å². The molecule has 0 aliphatic carbocycles. The van der Waals surface area contributed by atoms with E-state index in [2.05, 4.69) is 64.6 Å². The normalized spacial score (nSPS) is 18.5. The van der Waals surface area contributed by atoms with Crippen molar-refractivity contribution < 1.29 is 9.84 Å². The Morgan fingerprint density at radius 2 is 1.77 bits per heavy atom. The van der Waals surface area contributed by atoms with Gasteiger partial charge in [-0.1, -0.05) is 71.4 Å². The average Bonchev–Trinajstić information content (AvgIpc) is 2.81. The fourth-order valence-corrected chi connectivity index (χ4v) is 4.19. The molecule has 1 heterocycles. The third-order valence-corrected chi connectivity index (χ3v) is 6.16. The SMILES string of the molecule is CCOc1cccc([C@H]2CC(c3ccc(CC)cc3)=N[C@H](c3ccc(Br)cc3)N2)c1O. The van der Waals surface area contributed by atoms with Crippen molar-refractivity contribution in [2.24, 2.45) is 4.99 Å². The van der Waals surface area contributed by atoms with Gasteiger partial charge >= 0.3 is 0 Å². The summed E-state index contributed by atoms with van der Waals surface area (Å²) in [7, 11) is 0. The molecule has 3 aromatic carbocycles. The smallest absolute Gasteiger partial charge is 0.162 e. The molecular formula is C26H27BrN2O2. The number of benzene rings is 3. The zero-order valence-electron chi connectivity index (χ0n) is 17.8. The van der Waals surface area contributed by atoms with E-state index in [0.717, 1.165) is 33.3 Å². The zero-order chi connectivity index (χ0) is 21.8. The third kappa shape index (κ3) is 4.83. The number of halogens is 1. The molecular weight excluding hydrogens is 452 g/mol. The van der Waals surface area contributed by atoms with Gasteiger partial charge in [-0.15, -0.1) is 0 Å². The molecule has 2 atom stereocenters. The molecule has 0 saturated heterocycles. The molecule has 160 valence electrons. The summed E-state index contributed by atoms with van der Waals surface area (Å²) in [4.78, 5) is 5.05. The summed E-state index contributed by atoms with van der Waals surface area (Å²) < 4.78 is 6.65. The molecule has 0 fully saturated rings. The van der Waals surface area contributed by atoms with Crippen LogP contribution < -0.4 is 10.1 Å². The highest BCUT2D eigenvalue weighted by atomic mass is 79.9. The first-order valence-corrected chi connectivity index (χ1v) is 11.5. The van der Waals surface area contributed by atoms with E-state index < -0.39 is 0 Å². The van der Waals surface area contributed by atoms with E-state index in [1.165, 1.54) is 5.56 Å². The van der Waals surface area contributed by atoms with Crippen LogP contribution in [0.15, 0.2) is 76.2 Å². The highest BCUT2D eigenvalue weighted by Crippen LogP contribution is 2.39. The molecule has 0 radical (unpaired) electrons. The zero-order valence-corrected chi connectivity index (χ0v) is 19.4. The van der Waals surface area contributed by atoms with Crippen molar-refractivity contribution in [2.75, 3.05) is 6.61 Å². The number of aryl methyl sites for hydroxylation is 1. The van der Waals surface area contributed by atoms with Crippen molar-refractivity contribution in [1.82, 2.24) is 5.32 Å². The number of hydrogen-bond donors (Lipinski definition) is 2. The van der Waals surface area contributed by atoms with Gasteiger partial charge in [0, 0.05) is 28.2 Å². The van der Waals surface area contributed by atoms with E-state index in [0.29, 0.717) is 18.8 Å². The monoisotopic (exact) mass is 478 g/mol. The summed E-state index contributed by atoms with van der Waals surface area (Å²) in [6.45, 7) is 4.58. The number of hydrogen-bond acceptors (Lipinski definition) is 4. The van der Waals surface area contributed by atoms with Crippen molar-refractivity contribution in [1.29, 1.82) is 0 Å². The Kier molecular flexibility index (Phi) is 6.73. The quantitative estimate of drug-likeness (QED) is 0.434. The third-order valence-electron chi connectivity index (χ3n) is 5.63. The van der Waals surface area contributed by atoms with Crippen molar-refractivity contribution in [2.45, 2.75) is 38.9 Å². The van der Waals surface area contributed by atoms with E-state index in [9.17, 15) is 5.11 Å². The summed E-state index contributed by atoms with van der Waals surface area (Å²) in [5, 5.41) is 14.5. The van der Waals surface area contributed by atoms with Gasteiger partial charge in [0.15, 0.2) is 11.5 Å². The maximum absolute atomic E-state index is 10.9. The molecule has 0 amide bonds. The second-order valence-corrected chi connectivity index (χ2v) is 8.55. The van der Waals surface area contributed by atoms with Crippen LogP contribution in [0.25, 0.3) is 0 Å². The summed E-state index contributed by atoms with van der Waals surface area (Å²) >= 11 is 3.51. The van der Waals surface area contributed by atoms with Crippen LogP contribution in [0.3, 0.4) is 0 Å². The number of phenols is 1. The maximum atomic E-state index is 10.9. The lowest BCUT2D eigenvalue weighted by Crippen LogP contribution is -2.33. The number of ether oxygens (including phenoxy) is 1. The maximum Gasteiger partial charge on any atom is 0.162 e. The highest BCUT2D eigenvalue weighted by molar-refractivity contribution is 9.10. The van der Waals surface area contributed by atoms with Gasteiger partial charge in [-0.2, -0.15) is 0 Å². The molecule has 1 aliphatic heterocycles. The van der Waals surface area contributed by atoms with Gasteiger partial charge in [-0.05, 0) is 48.2 Å². The molecule has 4 rings (SSSR count). The molecule has 0 saturated carbocycles. The Morgan fingerprint density at radius 1 is 1.03 bits per heavy atom. The van der Waals surface area contributed by atoms with Crippen LogP contribution in [-0.4, -0.2) is 17.4 Å². The summed E-state index contributed by atoms with van der Waals surface area (Å²) in [6, 6.07) is 22.4. The summed E-state index contributed by atoms with van der Waals surface area (Å²) in [5.74, 6) is 0.706. The topological polar surface area (TPSA) is 53.8 Å². The lowest BCUT2D eigenvalue weighted by Gasteiger charge is -2.31. The minimum atomic E-state index is -0.206. The molecule has 2 N–H and O–H groups in total. The highest BCUT2D eigenvalue weighted by Gasteiger charge is 2.28. The first-order valence-electron chi connectivity index (χ1n) is 10.7. The Bertz CT molecular complexity index is 1060. The molecule has 4 nitrogen and oxygen atoms in total. The molecule has 0 spiro atoms. The standard InChI is InChI=1S/C26H27BrN2O2/c1-3-17-8-10-18(11-9-17)22-16-23(21-6-5-7-24(25(21)30)31-4-2)29-26(28-22)19-12-14-20(27)15-13-19/h5-15,23,26,29-30H,3-4,16H2,1-2H3/t23-,26+/m1/s1. The van der Waals surface area contributed by atoms with Crippen molar-refractivity contribution in [3.05, 3.63) is 93.5 Å². The first kappa shape index (κ1) is 21.6. The number of aliphatic imine (C=N–C) groups is 1. The van der Waals surface area contributed by atoms with Crippen molar-refractivity contribution in [3.63, 3.8) is 0 Å². The molecule has 3 aromatic rings. The minimum absolute atomic E-state index is 0.0904. The van der Waals surface area contributed by atoms with Gasteiger partial charge in [0.05, 0.1) is 6.61 Å². The van der Waals surface area contributed by atoms with Gasteiger partial charge in [0.2, 0.25) is 0 Å². The second kappa shape index (κ2) is 9.67. The number of para-hydroxylation sites is 1. The fraction of sp³-hybridized carbons (Fsp3) is 0.269. The van der Waals surface area contributed by atoms with Gasteiger partial charge in [0.25, 0.3) is 0 Å². The summed E-state index contributed by atoms with van der Waals surface area (Å²) in [5.41, 5.74) is 5.36. The van der Waals surface area contributed by atoms with Crippen LogP contribution in [0.4, 0.5) is 0 Å². The largest absolute Gasteiger partial charge is 0.504 e. The van der Waals surface area contributed by atoms with Crippen LogP contribution in [0.5, 0.6) is 11.5 Å². The Hall–Kier alpha value is -2.63. The Labute approximate surface area is 192 Å². The van der Waals surface area contributed by atoms with E-state index in [-0.39, 0.29) is 18.0 Å². The van der Waals surface area contributed by atoms with Gasteiger partial charge in [-0.3, -0.25) is 10.3 Å².